The van der Waals surface area contributed by atoms with Crippen LogP contribution in [0.2, 0.25) is 0 Å². The first-order valence-corrected chi connectivity index (χ1v) is 6.36. The molecule has 0 spiro atoms. The van der Waals surface area contributed by atoms with Gasteiger partial charge in [-0.3, -0.25) is 4.79 Å². The highest BCUT2D eigenvalue weighted by atomic mass is 19.4. The molecular weight excluding hydrogens is 295 g/mol. The Morgan fingerprint density at radius 3 is 2.45 bits per heavy atom. The Morgan fingerprint density at radius 1 is 1.09 bits per heavy atom. The van der Waals surface area contributed by atoms with Gasteiger partial charge >= 0.3 is 6.18 Å². The Kier molecular flexibility index (Phi) is 3.32. The van der Waals surface area contributed by atoms with Gasteiger partial charge in [-0.2, -0.15) is 13.2 Å². The first-order chi connectivity index (χ1) is 10.4. The number of hydrogen-bond donors (Lipinski definition) is 1. The summed E-state index contributed by atoms with van der Waals surface area (Å²) in [6.07, 6.45) is -1.02. The van der Waals surface area contributed by atoms with Crippen LogP contribution in [-0.4, -0.2) is 15.3 Å². The van der Waals surface area contributed by atoms with Crippen molar-refractivity contribution in [1.82, 2.24) is 9.38 Å². The number of aromatic nitrogens is 2. The average Bonchev–Trinajstić information content (AvgIpc) is 2.88. The Balaban J connectivity index is 1.79. The smallest absolute Gasteiger partial charge is 0.305 e. The highest BCUT2D eigenvalue weighted by molar-refractivity contribution is 6.03. The van der Waals surface area contributed by atoms with Gasteiger partial charge in [-0.1, -0.05) is 6.07 Å². The summed E-state index contributed by atoms with van der Waals surface area (Å²) >= 11 is 0. The molecule has 0 unspecified atom stereocenters. The molecule has 0 radical (unpaired) electrons. The number of alkyl halides is 3. The second-order valence-electron chi connectivity index (χ2n) is 4.62. The number of halogens is 3. The number of carbonyl (C=O) groups excluding carboxylic acids is 1. The number of hydrogen-bond acceptors (Lipinski definition) is 2. The second kappa shape index (κ2) is 5.18. The quantitative estimate of drug-likeness (QED) is 0.786. The molecule has 0 aliphatic heterocycles. The molecule has 0 saturated heterocycles. The third-order valence-corrected chi connectivity index (χ3v) is 3.08. The maximum absolute atomic E-state index is 12.5. The van der Waals surface area contributed by atoms with Crippen molar-refractivity contribution in [2.24, 2.45) is 0 Å². The number of pyridine rings is 1. The van der Waals surface area contributed by atoms with Gasteiger partial charge in [-0.25, -0.2) is 4.98 Å². The standard InChI is InChI=1S/C15H10F3N3O/c16-15(17,18)11-6-4-10(5-7-11)14(22)20-12-9-21-8-2-1-3-13(21)19-12/h1-9H,(H,20,22). The molecule has 1 N–H and O–H groups in total. The summed E-state index contributed by atoms with van der Waals surface area (Å²) in [7, 11) is 0. The van der Waals surface area contributed by atoms with Crippen molar-refractivity contribution in [2.45, 2.75) is 6.18 Å². The summed E-state index contributed by atoms with van der Waals surface area (Å²) in [5.74, 6) is -0.187. The fraction of sp³-hybridized carbons (Fsp3) is 0.0667. The molecule has 22 heavy (non-hydrogen) atoms. The van der Waals surface area contributed by atoms with Crippen LogP contribution in [0.25, 0.3) is 5.65 Å². The van der Waals surface area contributed by atoms with Gasteiger partial charge in [0.15, 0.2) is 5.82 Å². The Bertz CT molecular complexity index is 789. The van der Waals surface area contributed by atoms with Gasteiger partial charge in [0.25, 0.3) is 5.91 Å². The van der Waals surface area contributed by atoms with Gasteiger partial charge in [0, 0.05) is 11.8 Å². The molecule has 0 bridgehead atoms. The SMILES string of the molecule is O=C(Nc1cn2ccccc2n1)c1ccc(C(F)(F)F)cc1. The molecule has 0 atom stereocenters. The van der Waals surface area contributed by atoms with Crippen LogP contribution in [0.1, 0.15) is 15.9 Å². The minimum Gasteiger partial charge on any atom is -0.305 e. The van der Waals surface area contributed by atoms with Crippen molar-refractivity contribution >= 4 is 17.4 Å². The van der Waals surface area contributed by atoms with Crippen molar-refractivity contribution in [3.8, 4) is 0 Å². The predicted molar refractivity (Wildman–Crippen MR) is 74.6 cm³/mol. The van der Waals surface area contributed by atoms with Gasteiger partial charge in [0.05, 0.1) is 11.8 Å². The fourth-order valence-corrected chi connectivity index (χ4v) is 1.99. The molecule has 0 aliphatic carbocycles. The van der Waals surface area contributed by atoms with E-state index in [0.717, 1.165) is 24.3 Å². The fourth-order valence-electron chi connectivity index (χ4n) is 1.99. The molecule has 0 saturated carbocycles. The van der Waals surface area contributed by atoms with Crippen LogP contribution in [0.4, 0.5) is 19.0 Å². The number of imidazole rings is 1. The van der Waals surface area contributed by atoms with Crippen molar-refractivity contribution < 1.29 is 18.0 Å². The van der Waals surface area contributed by atoms with Crippen LogP contribution in [-0.2, 0) is 6.18 Å². The third kappa shape index (κ3) is 2.78. The number of amides is 1. The minimum absolute atomic E-state index is 0.130. The molecule has 3 rings (SSSR count). The van der Waals surface area contributed by atoms with E-state index in [1.165, 1.54) is 0 Å². The molecule has 3 aromatic rings. The monoisotopic (exact) mass is 305 g/mol. The van der Waals surface area contributed by atoms with Crippen molar-refractivity contribution in [3.05, 3.63) is 66.0 Å². The number of anilines is 1. The normalized spacial score (nSPS) is 11.6. The topological polar surface area (TPSA) is 46.4 Å². The summed E-state index contributed by atoms with van der Waals surface area (Å²) < 4.78 is 39.1. The van der Waals surface area contributed by atoms with E-state index in [0.29, 0.717) is 11.5 Å². The molecule has 0 aliphatic rings. The second-order valence-corrected chi connectivity index (χ2v) is 4.62. The van der Waals surface area contributed by atoms with Crippen LogP contribution >= 0.6 is 0 Å². The minimum atomic E-state index is -4.42. The number of benzene rings is 1. The molecule has 0 fully saturated rings. The number of rotatable bonds is 2. The Hall–Kier alpha value is -2.83. The lowest BCUT2D eigenvalue weighted by Crippen LogP contribution is -2.13. The summed E-state index contributed by atoms with van der Waals surface area (Å²) in [5, 5.41) is 2.55. The van der Waals surface area contributed by atoms with E-state index >= 15 is 0 Å². The van der Waals surface area contributed by atoms with E-state index < -0.39 is 17.6 Å². The highest BCUT2D eigenvalue weighted by Gasteiger charge is 2.30. The van der Waals surface area contributed by atoms with Crippen LogP contribution in [0, 0.1) is 0 Å². The van der Waals surface area contributed by atoms with Gasteiger partial charge in [0.2, 0.25) is 0 Å². The molecule has 112 valence electrons. The zero-order valence-electron chi connectivity index (χ0n) is 11.1. The largest absolute Gasteiger partial charge is 0.416 e. The van der Waals surface area contributed by atoms with Gasteiger partial charge in [0.1, 0.15) is 5.65 Å². The number of nitrogens with zero attached hydrogens (tertiary/aromatic N) is 2. The molecule has 7 heteroatoms. The lowest BCUT2D eigenvalue weighted by molar-refractivity contribution is -0.137. The van der Waals surface area contributed by atoms with Crippen LogP contribution in [0.15, 0.2) is 54.9 Å². The van der Waals surface area contributed by atoms with Crippen LogP contribution in [0.5, 0.6) is 0 Å². The zero-order chi connectivity index (χ0) is 15.7. The Labute approximate surface area is 123 Å². The molecule has 1 amide bonds. The number of fused-ring (bicyclic) bond motifs is 1. The van der Waals surface area contributed by atoms with E-state index in [-0.39, 0.29) is 5.56 Å². The molecule has 2 aromatic heterocycles. The number of carbonyl (C=O) groups is 1. The molecule has 2 heterocycles. The van der Waals surface area contributed by atoms with E-state index in [9.17, 15) is 18.0 Å². The van der Waals surface area contributed by atoms with Crippen LogP contribution in [0.3, 0.4) is 0 Å². The predicted octanol–water partition coefficient (Wildman–Crippen LogP) is 3.61. The van der Waals surface area contributed by atoms with E-state index in [1.54, 1.807) is 22.9 Å². The average molecular weight is 305 g/mol. The maximum atomic E-state index is 12.5. The molecule has 4 nitrogen and oxygen atoms in total. The summed E-state index contributed by atoms with van der Waals surface area (Å²) in [6.45, 7) is 0. The lowest BCUT2D eigenvalue weighted by atomic mass is 10.1. The maximum Gasteiger partial charge on any atom is 0.416 e. The van der Waals surface area contributed by atoms with Crippen molar-refractivity contribution in [3.63, 3.8) is 0 Å². The summed E-state index contributed by atoms with van der Waals surface area (Å²) in [5.41, 5.74) is -0.00736. The number of nitrogens with one attached hydrogen (secondary N) is 1. The zero-order valence-corrected chi connectivity index (χ0v) is 11.1. The first-order valence-electron chi connectivity index (χ1n) is 6.36. The molecule has 1 aromatic carbocycles. The van der Waals surface area contributed by atoms with E-state index in [2.05, 4.69) is 10.3 Å². The third-order valence-electron chi connectivity index (χ3n) is 3.08. The lowest BCUT2D eigenvalue weighted by Gasteiger charge is -2.07. The molecular formula is C15H10F3N3O. The Morgan fingerprint density at radius 2 is 1.82 bits per heavy atom. The van der Waals surface area contributed by atoms with Gasteiger partial charge in [-0.15, -0.1) is 0 Å². The summed E-state index contributed by atoms with van der Waals surface area (Å²) in [6, 6.07) is 9.41. The van der Waals surface area contributed by atoms with Crippen LogP contribution < -0.4 is 5.32 Å². The van der Waals surface area contributed by atoms with Gasteiger partial charge < -0.3 is 9.72 Å². The highest BCUT2D eigenvalue weighted by Crippen LogP contribution is 2.29. The van der Waals surface area contributed by atoms with Crippen molar-refractivity contribution in [1.29, 1.82) is 0 Å². The van der Waals surface area contributed by atoms with Crippen molar-refractivity contribution in [2.75, 3.05) is 5.32 Å². The van der Waals surface area contributed by atoms with Gasteiger partial charge in [-0.05, 0) is 36.4 Å². The van der Waals surface area contributed by atoms with E-state index in [1.807, 2.05) is 12.1 Å². The van der Waals surface area contributed by atoms with E-state index in [4.69, 9.17) is 0 Å². The summed E-state index contributed by atoms with van der Waals surface area (Å²) in [4.78, 5) is 16.2. The first kappa shape index (κ1) is 14.1.